The first-order chi connectivity index (χ1) is 7.80. The Kier molecular flexibility index (Phi) is 2.90. The Balaban J connectivity index is 2.30. The van der Waals surface area contributed by atoms with E-state index in [1.807, 2.05) is 6.92 Å². The third-order valence-corrected chi connectivity index (χ3v) is 4.23. The normalized spacial score (nSPS) is 23.5. The van der Waals surface area contributed by atoms with Crippen LogP contribution in [0.25, 0.3) is 0 Å². The highest BCUT2D eigenvalue weighted by Gasteiger charge is 2.36. The summed E-state index contributed by atoms with van der Waals surface area (Å²) in [5.74, 6) is -0.0852. The number of halogens is 1. The van der Waals surface area contributed by atoms with Crippen molar-refractivity contribution < 1.29 is 13.2 Å². The molecule has 94 valence electrons. The summed E-state index contributed by atoms with van der Waals surface area (Å²) in [4.78, 5) is 11.6. The smallest absolute Gasteiger partial charge is 0.273 e. The van der Waals surface area contributed by atoms with Gasteiger partial charge in [-0.15, -0.1) is 0 Å². The average molecular weight is 278 g/mol. The lowest BCUT2D eigenvalue weighted by Gasteiger charge is -2.02. The highest BCUT2D eigenvalue weighted by Crippen LogP contribution is 2.30. The van der Waals surface area contributed by atoms with Crippen molar-refractivity contribution in [2.45, 2.75) is 31.2 Å². The zero-order valence-corrected chi connectivity index (χ0v) is 10.9. The van der Waals surface area contributed by atoms with Crippen LogP contribution in [0.2, 0.25) is 0 Å². The van der Waals surface area contributed by atoms with E-state index in [1.165, 1.54) is 6.92 Å². The molecule has 0 bridgehead atoms. The molecule has 2 unspecified atom stereocenters. The van der Waals surface area contributed by atoms with E-state index in [1.54, 1.807) is 0 Å². The number of hydrogen-bond acceptors (Lipinski definition) is 4. The van der Waals surface area contributed by atoms with Gasteiger partial charge in [0.15, 0.2) is 5.69 Å². The molecule has 1 aliphatic rings. The molecule has 0 radical (unpaired) electrons. The van der Waals surface area contributed by atoms with Crippen LogP contribution in [0.5, 0.6) is 0 Å². The zero-order valence-electron chi connectivity index (χ0n) is 9.32. The quantitative estimate of drug-likeness (QED) is 0.799. The summed E-state index contributed by atoms with van der Waals surface area (Å²) in [6, 6.07) is 0.102. The Morgan fingerprint density at radius 2 is 2.18 bits per heavy atom. The second-order valence-corrected chi connectivity index (χ2v) is 6.76. The van der Waals surface area contributed by atoms with Gasteiger partial charge in [-0.05, 0) is 19.3 Å². The molecule has 1 aromatic rings. The number of hydrogen-bond donors (Lipinski definition) is 2. The fourth-order valence-corrected chi connectivity index (χ4v) is 2.98. The van der Waals surface area contributed by atoms with Crippen LogP contribution in [0, 0.1) is 12.8 Å². The zero-order chi connectivity index (χ0) is 12.8. The fraction of sp³-hybridized carbons (Fsp3) is 0.556. The number of aromatic nitrogens is 2. The maximum absolute atomic E-state index is 11.8. The Labute approximate surface area is 103 Å². The number of carbonyl (C=O) groups excluding carboxylic acids is 1. The van der Waals surface area contributed by atoms with E-state index in [-0.39, 0.29) is 22.3 Å². The molecule has 0 saturated heterocycles. The Hall–Kier alpha value is -1.08. The van der Waals surface area contributed by atoms with Gasteiger partial charge < -0.3 is 5.32 Å². The van der Waals surface area contributed by atoms with E-state index < -0.39 is 15.0 Å². The van der Waals surface area contributed by atoms with E-state index in [9.17, 15) is 13.2 Å². The second kappa shape index (κ2) is 3.99. The molecule has 17 heavy (non-hydrogen) atoms. The van der Waals surface area contributed by atoms with Crippen LogP contribution in [0.15, 0.2) is 4.90 Å². The van der Waals surface area contributed by atoms with Crippen molar-refractivity contribution >= 4 is 25.6 Å². The minimum Gasteiger partial charge on any atom is -0.348 e. The van der Waals surface area contributed by atoms with Gasteiger partial charge in [0, 0.05) is 16.7 Å². The standard InChI is InChI=1S/C9H12ClN3O3S/c1-4-3-6(4)11-9(14)7-8(17(10,15)16)5(2)12-13-7/h4,6H,3H2,1-2H3,(H,11,14)(H,12,13). The average Bonchev–Trinajstić information content (AvgIpc) is 2.73. The molecular formula is C9H12ClN3O3S. The van der Waals surface area contributed by atoms with E-state index in [0.717, 1.165) is 6.42 Å². The van der Waals surface area contributed by atoms with E-state index >= 15 is 0 Å². The first kappa shape index (κ1) is 12.4. The van der Waals surface area contributed by atoms with E-state index in [4.69, 9.17) is 10.7 Å². The maximum atomic E-state index is 11.8. The lowest BCUT2D eigenvalue weighted by molar-refractivity contribution is 0.0941. The van der Waals surface area contributed by atoms with Crippen molar-refractivity contribution in [2.75, 3.05) is 0 Å². The number of carbonyl (C=O) groups is 1. The molecule has 1 aliphatic carbocycles. The molecule has 1 saturated carbocycles. The SMILES string of the molecule is Cc1[nH]nc(C(=O)NC2CC2C)c1S(=O)(=O)Cl. The van der Waals surface area contributed by atoms with E-state index in [2.05, 4.69) is 15.5 Å². The number of H-pyrrole nitrogens is 1. The predicted molar refractivity (Wildman–Crippen MR) is 61.4 cm³/mol. The van der Waals surface area contributed by atoms with Crippen molar-refractivity contribution in [3.63, 3.8) is 0 Å². The van der Waals surface area contributed by atoms with Crippen LogP contribution >= 0.6 is 10.7 Å². The Morgan fingerprint density at radius 1 is 1.59 bits per heavy atom. The Morgan fingerprint density at radius 3 is 2.65 bits per heavy atom. The molecule has 1 heterocycles. The topological polar surface area (TPSA) is 91.9 Å². The highest BCUT2D eigenvalue weighted by atomic mass is 35.7. The molecule has 0 aromatic carbocycles. The van der Waals surface area contributed by atoms with Gasteiger partial charge in [0.1, 0.15) is 4.90 Å². The monoisotopic (exact) mass is 277 g/mol. The van der Waals surface area contributed by atoms with Crippen molar-refractivity contribution in [3.8, 4) is 0 Å². The van der Waals surface area contributed by atoms with Crippen LogP contribution in [-0.4, -0.2) is 30.6 Å². The minimum atomic E-state index is -3.98. The fourth-order valence-electron chi connectivity index (χ4n) is 1.63. The van der Waals surface area contributed by atoms with Gasteiger partial charge in [0.25, 0.3) is 15.0 Å². The highest BCUT2D eigenvalue weighted by molar-refractivity contribution is 8.13. The van der Waals surface area contributed by atoms with Gasteiger partial charge in [-0.3, -0.25) is 9.89 Å². The first-order valence-electron chi connectivity index (χ1n) is 5.11. The molecule has 8 heteroatoms. The lowest BCUT2D eigenvalue weighted by atomic mass is 10.3. The van der Waals surface area contributed by atoms with Gasteiger partial charge in [-0.1, -0.05) is 6.92 Å². The summed E-state index contributed by atoms with van der Waals surface area (Å²) in [5.41, 5.74) is 0.0885. The molecule has 6 nitrogen and oxygen atoms in total. The molecule has 0 spiro atoms. The Bertz CT molecular complexity index is 566. The number of rotatable bonds is 3. The van der Waals surface area contributed by atoms with Gasteiger partial charge >= 0.3 is 0 Å². The lowest BCUT2D eigenvalue weighted by Crippen LogP contribution is -2.28. The molecular weight excluding hydrogens is 266 g/mol. The summed E-state index contributed by atoms with van der Waals surface area (Å²) in [5, 5.41) is 8.84. The van der Waals surface area contributed by atoms with Gasteiger partial charge in [-0.25, -0.2) is 8.42 Å². The number of nitrogens with zero attached hydrogens (tertiary/aromatic N) is 1. The summed E-state index contributed by atoms with van der Waals surface area (Å²) in [7, 11) is 1.29. The number of nitrogens with one attached hydrogen (secondary N) is 2. The van der Waals surface area contributed by atoms with Crippen molar-refractivity contribution in [1.29, 1.82) is 0 Å². The van der Waals surface area contributed by atoms with Crippen LogP contribution in [0.3, 0.4) is 0 Å². The molecule has 1 fully saturated rings. The van der Waals surface area contributed by atoms with Gasteiger partial charge in [0.05, 0.1) is 5.69 Å². The molecule has 2 N–H and O–H groups in total. The van der Waals surface area contributed by atoms with Crippen LogP contribution in [-0.2, 0) is 9.05 Å². The summed E-state index contributed by atoms with van der Waals surface area (Å²) in [6.07, 6.45) is 0.901. The third kappa shape index (κ3) is 2.44. The minimum absolute atomic E-state index is 0.102. The number of aryl methyl sites for hydroxylation is 1. The second-order valence-electron chi connectivity index (χ2n) is 4.26. The summed E-state index contributed by atoms with van der Waals surface area (Å²) < 4.78 is 22.7. The summed E-state index contributed by atoms with van der Waals surface area (Å²) >= 11 is 0. The van der Waals surface area contributed by atoms with Crippen molar-refractivity contribution in [3.05, 3.63) is 11.4 Å². The van der Waals surface area contributed by atoms with Gasteiger partial charge in [-0.2, -0.15) is 5.10 Å². The molecule has 1 amide bonds. The van der Waals surface area contributed by atoms with Crippen molar-refractivity contribution in [1.82, 2.24) is 15.5 Å². The van der Waals surface area contributed by atoms with Crippen LogP contribution < -0.4 is 5.32 Å². The summed E-state index contributed by atoms with van der Waals surface area (Å²) in [6.45, 7) is 3.50. The van der Waals surface area contributed by atoms with Crippen molar-refractivity contribution in [2.24, 2.45) is 5.92 Å². The number of amides is 1. The largest absolute Gasteiger partial charge is 0.348 e. The molecule has 0 aliphatic heterocycles. The van der Waals surface area contributed by atoms with Crippen LogP contribution in [0.4, 0.5) is 0 Å². The predicted octanol–water partition coefficient (Wildman–Crippen LogP) is 0.784. The van der Waals surface area contributed by atoms with Crippen LogP contribution in [0.1, 0.15) is 29.5 Å². The molecule has 1 aromatic heterocycles. The third-order valence-electron chi connectivity index (χ3n) is 2.78. The first-order valence-corrected chi connectivity index (χ1v) is 7.42. The number of aromatic amines is 1. The van der Waals surface area contributed by atoms with Gasteiger partial charge in [0.2, 0.25) is 0 Å². The molecule has 2 rings (SSSR count). The maximum Gasteiger partial charge on any atom is 0.273 e. The van der Waals surface area contributed by atoms with E-state index in [0.29, 0.717) is 5.92 Å². The molecule has 2 atom stereocenters.